The molecule has 7 heteroatoms. The number of aromatic nitrogens is 2. The second-order valence-corrected chi connectivity index (χ2v) is 7.17. The highest BCUT2D eigenvalue weighted by atomic mass is 35.5. The van der Waals surface area contributed by atoms with Crippen LogP contribution in [0.3, 0.4) is 0 Å². The number of aryl methyl sites for hydroxylation is 1. The van der Waals surface area contributed by atoms with Crippen LogP contribution >= 0.6 is 11.6 Å². The van der Waals surface area contributed by atoms with Gasteiger partial charge >= 0.3 is 0 Å². The Labute approximate surface area is 147 Å². The molecule has 0 unspecified atom stereocenters. The lowest BCUT2D eigenvalue weighted by molar-refractivity contribution is -0.132. The first-order chi connectivity index (χ1) is 11.5. The summed E-state index contributed by atoms with van der Waals surface area (Å²) in [4.78, 5) is 28.9. The Balaban J connectivity index is 1.85. The molecule has 3 rings (SSSR count). The van der Waals surface area contributed by atoms with Crippen molar-refractivity contribution in [2.75, 3.05) is 13.6 Å². The Kier molecular flexibility index (Phi) is 5.13. The molecule has 2 fully saturated rings. The van der Waals surface area contributed by atoms with Gasteiger partial charge in [0.05, 0.1) is 17.1 Å². The van der Waals surface area contributed by atoms with Gasteiger partial charge in [0.15, 0.2) is 5.69 Å². The molecular formula is C17H25ClN4O2. The van der Waals surface area contributed by atoms with Gasteiger partial charge in [0, 0.05) is 32.8 Å². The van der Waals surface area contributed by atoms with Crippen molar-refractivity contribution >= 4 is 23.4 Å². The van der Waals surface area contributed by atoms with Crippen molar-refractivity contribution in [3.05, 3.63) is 16.9 Å². The van der Waals surface area contributed by atoms with E-state index in [9.17, 15) is 9.59 Å². The topological polar surface area (TPSA) is 58.4 Å². The van der Waals surface area contributed by atoms with E-state index in [0.29, 0.717) is 23.7 Å². The van der Waals surface area contributed by atoms with E-state index in [1.54, 1.807) is 10.9 Å². The number of rotatable bonds is 3. The smallest absolute Gasteiger partial charge is 0.276 e. The van der Waals surface area contributed by atoms with Gasteiger partial charge in [0.2, 0.25) is 5.91 Å². The minimum atomic E-state index is -0.104. The molecule has 0 radical (unpaired) electrons. The normalized spacial score (nSPS) is 24.7. The predicted molar refractivity (Wildman–Crippen MR) is 92.0 cm³/mol. The van der Waals surface area contributed by atoms with E-state index in [0.717, 1.165) is 38.6 Å². The summed E-state index contributed by atoms with van der Waals surface area (Å²) >= 11 is 6.26. The van der Waals surface area contributed by atoms with E-state index >= 15 is 0 Å². The molecule has 2 aliphatic rings. The first kappa shape index (κ1) is 17.3. The molecule has 2 atom stereocenters. The number of halogens is 1. The van der Waals surface area contributed by atoms with E-state index in [4.69, 9.17) is 11.6 Å². The third-order valence-electron chi connectivity index (χ3n) is 5.16. The van der Waals surface area contributed by atoms with Gasteiger partial charge in [-0.15, -0.1) is 0 Å². The van der Waals surface area contributed by atoms with Gasteiger partial charge in [-0.1, -0.05) is 18.5 Å². The lowest BCUT2D eigenvalue weighted by Gasteiger charge is -2.43. The molecule has 0 spiro atoms. The van der Waals surface area contributed by atoms with Gasteiger partial charge in [-0.3, -0.25) is 14.3 Å². The minimum absolute atomic E-state index is 0.0649. The second kappa shape index (κ2) is 7.13. The Bertz CT molecular complexity index is 630. The highest BCUT2D eigenvalue weighted by Crippen LogP contribution is 2.30. The first-order valence-corrected chi connectivity index (χ1v) is 9.20. The van der Waals surface area contributed by atoms with Crippen LogP contribution in [0.1, 0.15) is 55.9 Å². The molecule has 0 bridgehead atoms. The Morgan fingerprint density at radius 2 is 2.08 bits per heavy atom. The lowest BCUT2D eigenvalue weighted by Crippen LogP contribution is -2.56. The fraction of sp³-hybridized carbons (Fsp3) is 0.706. The first-order valence-electron chi connectivity index (χ1n) is 8.82. The maximum absolute atomic E-state index is 13.1. The number of carbonyl (C=O) groups excluding carboxylic acids is 2. The molecule has 6 nitrogen and oxygen atoms in total. The van der Waals surface area contributed by atoms with Gasteiger partial charge in [-0.25, -0.2) is 0 Å². The van der Waals surface area contributed by atoms with E-state index in [1.165, 1.54) is 0 Å². The summed E-state index contributed by atoms with van der Waals surface area (Å²) in [6.07, 6.45) is 6.77. The molecule has 3 heterocycles. The average molecular weight is 353 g/mol. The molecule has 0 aliphatic carbocycles. The summed E-state index contributed by atoms with van der Waals surface area (Å²) in [5.41, 5.74) is 0.337. The van der Waals surface area contributed by atoms with Crippen molar-refractivity contribution in [3.63, 3.8) is 0 Å². The molecule has 0 N–H and O–H groups in total. The molecule has 2 saturated heterocycles. The van der Waals surface area contributed by atoms with Crippen LogP contribution in [-0.2, 0) is 11.3 Å². The molecule has 2 amide bonds. The summed E-state index contributed by atoms with van der Waals surface area (Å²) in [6.45, 7) is 3.51. The molecule has 24 heavy (non-hydrogen) atoms. The average Bonchev–Trinajstić information content (AvgIpc) is 2.87. The summed E-state index contributed by atoms with van der Waals surface area (Å²) in [6, 6.07) is 0.171. The van der Waals surface area contributed by atoms with Crippen LogP contribution in [0.25, 0.3) is 0 Å². The third kappa shape index (κ3) is 3.16. The van der Waals surface area contributed by atoms with Crippen LogP contribution in [0.15, 0.2) is 6.20 Å². The van der Waals surface area contributed by atoms with Crippen molar-refractivity contribution in [3.8, 4) is 0 Å². The summed E-state index contributed by atoms with van der Waals surface area (Å²) in [5.74, 6) is 0.0781. The number of fused-ring (bicyclic) bond motifs is 1. The molecule has 0 aromatic carbocycles. The van der Waals surface area contributed by atoms with Gasteiger partial charge in [0.25, 0.3) is 5.91 Å². The van der Waals surface area contributed by atoms with Gasteiger partial charge < -0.3 is 9.80 Å². The van der Waals surface area contributed by atoms with Crippen LogP contribution in [-0.4, -0.2) is 57.1 Å². The van der Waals surface area contributed by atoms with Crippen LogP contribution in [0.4, 0.5) is 0 Å². The van der Waals surface area contributed by atoms with Crippen molar-refractivity contribution in [1.29, 1.82) is 0 Å². The predicted octanol–water partition coefficient (Wildman–Crippen LogP) is 2.56. The molecule has 132 valence electrons. The number of carbonyl (C=O) groups is 2. The monoisotopic (exact) mass is 352 g/mol. The summed E-state index contributed by atoms with van der Waals surface area (Å²) < 4.78 is 1.74. The van der Waals surface area contributed by atoms with Crippen molar-refractivity contribution in [2.24, 2.45) is 0 Å². The van der Waals surface area contributed by atoms with E-state index < -0.39 is 0 Å². The Hall–Kier alpha value is -1.56. The third-order valence-corrected chi connectivity index (χ3v) is 5.43. The largest absolute Gasteiger partial charge is 0.341 e. The standard InChI is InChI=1S/C17H25ClN4O2/c1-3-9-21-11-12(18)16(19-21)17(24)22-10-5-7-13-14(22)6-4-8-15(23)20(13)2/h11,13-14H,3-10H2,1-2H3/t13-,14-/m1/s1. The number of likely N-dealkylation sites (tertiary alicyclic amines) is 2. The maximum atomic E-state index is 13.1. The zero-order valence-corrected chi connectivity index (χ0v) is 15.1. The molecule has 0 saturated carbocycles. The van der Waals surface area contributed by atoms with Crippen molar-refractivity contribution in [1.82, 2.24) is 19.6 Å². The second-order valence-electron chi connectivity index (χ2n) is 6.76. The number of piperidine rings is 1. The highest BCUT2D eigenvalue weighted by Gasteiger charge is 2.40. The van der Waals surface area contributed by atoms with Gasteiger partial charge in [-0.2, -0.15) is 5.10 Å². The van der Waals surface area contributed by atoms with Crippen LogP contribution in [0.5, 0.6) is 0 Å². The molecular weight excluding hydrogens is 328 g/mol. The van der Waals surface area contributed by atoms with E-state index in [2.05, 4.69) is 12.0 Å². The SMILES string of the molecule is CCCn1cc(Cl)c(C(=O)N2CCC[C@@H]3[C@H]2CCCC(=O)N3C)n1. The zero-order valence-electron chi connectivity index (χ0n) is 14.4. The zero-order chi connectivity index (χ0) is 17.3. The highest BCUT2D eigenvalue weighted by molar-refractivity contribution is 6.33. The quantitative estimate of drug-likeness (QED) is 0.840. The molecule has 1 aromatic heterocycles. The number of hydrogen-bond acceptors (Lipinski definition) is 3. The van der Waals surface area contributed by atoms with Gasteiger partial charge in [0.1, 0.15) is 0 Å². The van der Waals surface area contributed by atoms with Crippen molar-refractivity contribution in [2.45, 2.75) is 64.1 Å². The number of amides is 2. The van der Waals surface area contributed by atoms with Crippen LogP contribution in [0.2, 0.25) is 5.02 Å². The Morgan fingerprint density at radius 1 is 1.33 bits per heavy atom. The maximum Gasteiger partial charge on any atom is 0.276 e. The van der Waals surface area contributed by atoms with E-state index in [1.807, 2.05) is 16.8 Å². The number of hydrogen-bond donors (Lipinski definition) is 0. The summed E-state index contributed by atoms with van der Waals surface area (Å²) in [7, 11) is 1.86. The summed E-state index contributed by atoms with van der Waals surface area (Å²) in [5, 5.41) is 4.79. The van der Waals surface area contributed by atoms with Crippen LogP contribution in [0, 0.1) is 0 Å². The fourth-order valence-electron chi connectivity index (χ4n) is 3.93. The van der Waals surface area contributed by atoms with Crippen LogP contribution < -0.4 is 0 Å². The van der Waals surface area contributed by atoms with E-state index in [-0.39, 0.29) is 23.9 Å². The molecule has 2 aliphatic heterocycles. The number of likely N-dealkylation sites (N-methyl/N-ethyl adjacent to an activating group) is 1. The fourth-order valence-corrected chi connectivity index (χ4v) is 4.17. The number of nitrogens with zero attached hydrogens (tertiary/aromatic N) is 4. The Morgan fingerprint density at radius 3 is 2.83 bits per heavy atom. The molecule has 1 aromatic rings. The van der Waals surface area contributed by atoms with Gasteiger partial charge in [-0.05, 0) is 32.1 Å². The van der Waals surface area contributed by atoms with Crippen molar-refractivity contribution < 1.29 is 9.59 Å². The minimum Gasteiger partial charge on any atom is -0.341 e. The lowest BCUT2D eigenvalue weighted by atomic mass is 9.92.